The van der Waals surface area contributed by atoms with Gasteiger partial charge in [0, 0.05) is 0 Å². The molecule has 1 rings (SSSR count). The van der Waals surface area contributed by atoms with Crippen LogP contribution in [-0.2, 0) is 0 Å². The molecule has 0 aromatic heterocycles. The maximum absolute atomic E-state index is 9.64. The van der Waals surface area contributed by atoms with E-state index < -0.39 is 6.04 Å². The molecule has 0 spiro atoms. The second-order valence-corrected chi connectivity index (χ2v) is 3.74. The summed E-state index contributed by atoms with van der Waals surface area (Å²) in [5, 5.41) is 18.9. The van der Waals surface area contributed by atoms with Gasteiger partial charge in [0.05, 0.1) is 17.7 Å². The van der Waals surface area contributed by atoms with E-state index >= 15 is 0 Å². The SMILES string of the molecule is Cc1cc(C(N)CO)c(C)c(O)c1Cl. The largest absolute Gasteiger partial charge is 0.506 e. The summed E-state index contributed by atoms with van der Waals surface area (Å²) in [6.07, 6.45) is 0. The first kappa shape index (κ1) is 11.3. The average Bonchev–Trinajstić information content (AvgIpc) is 2.19. The van der Waals surface area contributed by atoms with E-state index in [9.17, 15) is 5.11 Å². The predicted molar refractivity (Wildman–Crippen MR) is 56.6 cm³/mol. The van der Waals surface area contributed by atoms with Gasteiger partial charge in [0.2, 0.25) is 0 Å². The van der Waals surface area contributed by atoms with E-state index in [1.165, 1.54) is 0 Å². The molecule has 0 fully saturated rings. The average molecular weight is 216 g/mol. The number of nitrogens with two attached hydrogens (primary N) is 1. The highest BCUT2D eigenvalue weighted by molar-refractivity contribution is 6.32. The van der Waals surface area contributed by atoms with Crippen LogP contribution in [-0.4, -0.2) is 16.8 Å². The fraction of sp³-hybridized carbons (Fsp3) is 0.400. The summed E-state index contributed by atoms with van der Waals surface area (Å²) in [6, 6.07) is 1.31. The van der Waals surface area contributed by atoms with Crippen molar-refractivity contribution >= 4 is 11.6 Å². The molecule has 0 heterocycles. The lowest BCUT2D eigenvalue weighted by molar-refractivity contribution is 0.267. The van der Waals surface area contributed by atoms with Gasteiger partial charge in [-0.25, -0.2) is 0 Å². The molecular formula is C10H14ClNO2. The summed E-state index contributed by atoms with van der Waals surface area (Å²) in [4.78, 5) is 0. The number of aliphatic hydroxyl groups excluding tert-OH is 1. The van der Waals surface area contributed by atoms with Crippen LogP contribution >= 0.6 is 11.6 Å². The van der Waals surface area contributed by atoms with E-state index in [4.69, 9.17) is 22.4 Å². The quantitative estimate of drug-likeness (QED) is 0.703. The summed E-state index contributed by atoms with van der Waals surface area (Å²) >= 11 is 5.85. The maximum atomic E-state index is 9.64. The van der Waals surface area contributed by atoms with Gasteiger partial charge in [-0.15, -0.1) is 0 Å². The van der Waals surface area contributed by atoms with Crippen molar-refractivity contribution in [2.75, 3.05) is 6.61 Å². The van der Waals surface area contributed by atoms with E-state index in [1.54, 1.807) is 19.9 Å². The zero-order chi connectivity index (χ0) is 10.9. The third-order valence-electron chi connectivity index (χ3n) is 2.31. The Kier molecular flexibility index (Phi) is 3.37. The Balaban J connectivity index is 3.33. The Morgan fingerprint density at radius 3 is 2.57 bits per heavy atom. The van der Waals surface area contributed by atoms with Crippen LogP contribution < -0.4 is 5.73 Å². The standard InChI is InChI=1S/C10H14ClNO2/c1-5-3-7(8(12)4-13)6(2)10(14)9(5)11/h3,8,13-14H,4,12H2,1-2H3. The first-order chi connectivity index (χ1) is 6.49. The Labute approximate surface area is 88.1 Å². The van der Waals surface area contributed by atoms with E-state index in [0.29, 0.717) is 10.6 Å². The third kappa shape index (κ3) is 1.85. The number of halogens is 1. The summed E-state index contributed by atoms with van der Waals surface area (Å²) in [6.45, 7) is 3.36. The second kappa shape index (κ2) is 4.17. The molecule has 1 aromatic rings. The summed E-state index contributed by atoms with van der Waals surface area (Å²) < 4.78 is 0. The van der Waals surface area contributed by atoms with E-state index in [0.717, 1.165) is 11.1 Å². The molecule has 3 nitrogen and oxygen atoms in total. The lowest BCUT2D eigenvalue weighted by Gasteiger charge is -2.15. The minimum absolute atomic E-state index is 0.0468. The molecule has 0 amide bonds. The summed E-state index contributed by atoms with van der Waals surface area (Å²) in [7, 11) is 0. The van der Waals surface area contributed by atoms with Crippen molar-refractivity contribution in [1.82, 2.24) is 0 Å². The lowest BCUT2D eigenvalue weighted by atomic mass is 9.99. The van der Waals surface area contributed by atoms with Gasteiger partial charge in [0.1, 0.15) is 5.75 Å². The van der Waals surface area contributed by atoms with Crippen molar-refractivity contribution in [3.05, 3.63) is 27.8 Å². The molecule has 1 unspecified atom stereocenters. The van der Waals surface area contributed by atoms with Crippen molar-refractivity contribution in [2.45, 2.75) is 19.9 Å². The van der Waals surface area contributed by atoms with Gasteiger partial charge in [-0.2, -0.15) is 0 Å². The maximum Gasteiger partial charge on any atom is 0.137 e. The van der Waals surface area contributed by atoms with Gasteiger partial charge >= 0.3 is 0 Å². The number of phenolic OH excluding ortho intramolecular Hbond substituents is 1. The van der Waals surface area contributed by atoms with Crippen molar-refractivity contribution in [3.8, 4) is 5.75 Å². The number of hydrogen-bond donors (Lipinski definition) is 3. The number of aliphatic hydroxyl groups is 1. The number of benzene rings is 1. The van der Waals surface area contributed by atoms with Crippen LogP contribution in [0.15, 0.2) is 6.07 Å². The molecule has 0 aliphatic heterocycles. The Hall–Kier alpha value is -0.770. The molecule has 78 valence electrons. The molecule has 0 aliphatic carbocycles. The molecule has 0 saturated carbocycles. The highest BCUT2D eigenvalue weighted by atomic mass is 35.5. The van der Waals surface area contributed by atoms with Crippen LogP contribution in [0.4, 0.5) is 0 Å². The molecule has 0 radical (unpaired) electrons. The van der Waals surface area contributed by atoms with Crippen molar-refractivity contribution < 1.29 is 10.2 Å². The van der Waals surface area contributed by atoms with Gasteiger partial charge in [0.25, 0.3) is 0 Å². The molecule has 14 heavy (non-hydrogen) atoms. The van der Waals surface area contributed by atoms with Crippen LogP contribution in [0.1, 0.15) is 22.7 Å². The molecule has 0 aliphatic rings. The fourth-order valence-electron chi connectivity index (χ4n) is 1.38. The van der Waals surface area contributed by atoms with Crippen molar-refractivity contribution in [1.29, 1.82) is 0 Å². The predicted octanol–water partition coefficient (Wildman–Crippen LogP) is 1.65. The Morgan fingerprint density at radius 1 is 1.50 bits per heavy atom. The molecular weight excluding hydrogens is 202 g/mol. The number of rotatable bonds is 2. The second-order valence-electron chi connectivity index (χ2n) is 3.36. The van der Waals surface area contributed by atoms with E-state index in [1.807, 2.05) is 0 Å². The monoisotopic (exact) mass is 215 g/mol. The van der Waals surface area contributed by atoms with Gasteiger partial charge < -0.3 is 15.9 Å². The number of phenols is 1. The molecule has 4 N–H and O–H groups in total. The van der Waals surface area contributed by atoms with Crippen LogP contribution in [0.2, 0.25) is 5.02 Å². The fourth-order valence-corrected chi connectivity index (χ4v) is 1.57. The Morgan fingerprint density at radius 2 is 2.07 bits per heavy atom. The van der Waals surface area contributed by atoms with Gasteiger partial charge in [-0.05, 0) is 30.5 Å². The van der Waals surface area contributed by atoms with E-state index in [2.05, 4.69) is 0 Å². The first-order valence-electron chi connectivity index (χ1n) is 4.34. The zero-order valence-electron chi connectivity index (χ0n) is 8.21. The molecule has 4 heteroatoms. The highest BCUT2D eigenvalue weighted by Crippen LogP contribution is 2.34. The molecule has 1 aromatic carbocycles. The van der Waals surface area contributed by atoms with Crippen LogP contribution in [0.25, 0.3) is 0 Å². The zero-order valence-corrected chi connectivity index (χ0v) is 8.97. The van der Waals surface area contributed by atoms with Gasteiger partial charge in [-0.3, -0.25) is 0 Å². The minimum Gasteiger partial charge on any atom is -0.506 e. The number of hydrogen-bond acceptors (Lipinski definition) is 3. The van der Waals surface area contributed by atoms with Crippen LogP contribution in [0, 0.1) is 13.8 Å². The first-order valence-corrected chi connectivity index (χ1v) is 4.71. The molecule has 0 bridgehead atoms. The molecule has 1 atom stereocenters. The third-order valence-corrected chi connectivity index (χ3v) is 2.79. The number of aromatic hydroxyl groups is 1. The topological polar surface area (TPSA) is 66.5 Å². The lowest BCUT2D eigenvalue weighted by Crippen LogP contribution is -2.16. The smallest absolute Gasteiger partial charge is 0.137 e. The van der Waals surface area contributed by atoms with Crippen molar-refractivity contribution in [3.63, 3.8) is 0 Å². The van der Waals surface area contributed by atoms with Crippen molar-refractivity contribution in [2.24, 2.45) is 5.73 Å². The normalized spacial score (nSPS) is 12.9. The van der Waals surface area contributed by atoms with E-state index in [-0.39, 0.29) is 12.4 Å². The van der Waals surface area contributed by atoms with Gasteiger partial charge in [0.15, 0.2) is 0 Å². The number of aryl methyl sites for hydroxylation is 1. The van der Waals surface area contributed by atoms with Crippen LogP contribution in [0.5, 0.6) is 5.75 Å². The Bertz CT molecular complexity index is 352. The highest BCUT2D eigenvalue weighted by Gasteiger charge is 2.15. The summed E-state index contributed by atoms with van der Waals surface area (Å²) in [5.74, 6) is 0.0468. The minimum atomic E-state index is -0.475. The van der Waals surface area contributed by atoms with Gasteiger partial charge in [-0.1, -0.05) is 17.7 Å². The molecule has 0 saturated heterocycles. The summed E-state index contributed by atoms with van der Waals surface area (Å²) in [5.41, 5.74) is 7.79. The van der Waals surface area contributed by atoms with Crippen LogP contribution in [0.3, 0.4) is 0 Å².